The largest absolute Gasteiger partial charge is 0.481 e. The molecule has 0 bridgehead atoms. The Morgan fingerprint density at radius 3 is 0.462 bits per heavy atom. The van der Waals surface area contributed by atoms with Crippen molar-refractivity contribution in [3.63, 3.8) is 0 Å². The lowest BCUT2D eigenvalue weighted by molar-refractivity contribution is -0.137. The molecule has 0 aliphatic heterocycles. The van der Waals surface area contributed by atoms with Gasteiger partial charge in [0.05, 0.1) is 0 Å². The molecule has 52 heavy (non-hydrogen) atoms. The average molecular weight is 735 g/mol. The first-order chi connectivity index (χ1) is 25.7. The molecule has 0 fully saturated rings. The van der Waals surface area contributed by atoms with Crippen molar-refractivity contribution < 1.29 is 9.90 Å². The van der Waals surface area contributed by atoms with E-state index in [4.69, 9.17) is 5.11 Å². The SMILES string of the molecule is CCCCCCCCCCCCCCCCCCCCCCC(=O)O.CCCCCCCCCCCCCCCCCCCCCCCCCCC. The van der Waals surface area contributed by atoms with Crippen LogP contribution in [0, 0.1) is 0 Å². The van der Waals surface area contributed by atoms with E-state index >= 15 is 0 Å². The van der Waals surface area contributed by atoms with Gasteiger partial charge in [-0.2, -0.15) is 0 Å². The molecule has 0 aliphatic rings. The number of unbranched alkanes of at least 4 members (excludes halogenated alkanes) is 43. The third kappa shape index (κ3) is 56.2. The summed E-state index contributed by atoms with van der Waals surface area (Å²) in [5.74, 6) is -0.651. The summed E-state index contributed by atoms with van der Waals surface area (Å²) in [4.78, 5) is 10.4. The third-order valence-electron chi connectivity index (χ3n) is 11.5. The second-order valence-corrected chi connectivity index (χ2v) is 17.0. The van der Waals surface area contributed by atoms with Crippen molar-refractivity contribution in [2.75, 3.05) is 0 Å². The Labute approximate surface area is 331 Å². The second-order valence-electron chi connectivity index (χ2n) is 17.0. The van der Waals surface area contributed by atoms with Crippen LogP contribution in [0.5, 0.6) is 0 Å². The van der Waals surface area contributed by atoms with E-state index < -0.39 is 5.97 Å². The molecular weight excluding hydrogens is 633 g/mol. The van der Waals surface area contributed by atoms with Crippen LogP contribution in [-0.4, -0.2) is 11.1 Å². The maximum Gasteiger partial charge on any atom is 0.303 e. The Kier molecular flexibility index (Phi) is 54.2. The summed E-state index contributed by atoms with van der Waals surface area (Å²) >= 11 is 0. The number of hydrogen-bond acceptors (Lipinski definition) is 1. The van der Waals surface area contributed by atoms with E-state index in [1.807, 2.05) is 0 Å². The zero-order valence-corrected chi connectivity index (χ0v) is 36.9. The molecule has 0 amide bonds. The molecule has 0 radical (unpaired) electrons. The smallest absolute Gasteiger partial charge is 0.303 e. The zero-order valence-electron chi connectivity index (χ0n) is 36.9. The van der Waals surface area contributed by atoms with Crippen molar-refractivity contribution in [1.82, 2.24) is 0 Å². The van der Waals surface area contributed by atoms with E-state index in [0.717, 1.165) is 12.8 Å². The molecule has 0 aromatic heterocycles. The number of rotatable bonds is 45. The minimum Gasteiger partial charge on any atom is -0.481 e. The van der Waals surface area contributed by atoms with Gasteiger partial charge < -0.3 is 5.11 Å². The predicted molar refractivity (Wildman–Crippen MR) is 237 cm³/mol. The summed E-state index contributed by atoms with van der Waals surface area (Å²) in [6.45, 7) is 6.89. The van der Waals surface area contributed by atoms with E-state index in [1.54, 1.807) is 0 Å². The zero-order chi connectivity index (χ0) is 38.1. The van der Waals surface area contributed by atoms with Crippen LogP contribution >= 0.6 is 0 Å². The maximum atomic E-state index is 10.4. The molecule has 0 aliphatic carbocycles. The topological polar surface area (TPSA) is 37.3 Å². The van der Waals surface area contributed by atoms with Crippen LogP contribution in [0.25, 0.3) is 0 Å². The van der Waals surface area contributed by atoms with Gasteiger partial charge in [0.2, 0.25) is 0 Å². The minimum atomic E-state index is -0.651. The number of aliphatic carboxylic acids is 1. The fourth-order valence-electron chi connectivity index (χ4n) is 7.74. The summed E-state index contributed by atoms with van der Waals surface area (Å²) < 4.78 is 0. The first-order valence-corrected chi connectivity index (χ1v) is 24.9. The van der Waals surface area contributed by atoms with E-state index in [1.165, 1.54) is 276 Å². The number of carboxylic acids is 1. The highest BCUT2D eigenvalue weighted by atomic mass is 16.4. The summed E-state index contributed by atoms with van der Waals surface area (Å²) in [6.07, 6.45) is 64.5. The van der Waals surface area contributed by atoms with E-state index in [2.05, 4.69) is 20.8 Å². The van der Waals surface area contributed by atoms with Gasteiger partial charge in [-0.1, -0.05) is 303 Å². The van der Waals surface area contributed by atoms with E-state index in [0.29, 0.717) is 6.42 Å². The van der Waals surface area contributed by atoms with Crippen LogP contribution in [0.1, 0.15) is 316 Å². The molecule has 0 aromatic carbocycles. The van der Waals surface area contributed by atoms with Crippen molar-refractivity contribution in [3.8, 4) is 0 Å². The number of carboxylic acid groups (broad SMARTS) is 1. The van der Waals surface area contributed by atoms with Crippen LogP contribution in [0.4, 0.5) is 0 Å². The van der Waals surface area contributed by atoms with Gasteiger partial charge in [-0.15, -0.1) is 0 Å². The van der Waals surface area contributed by atoms with Crippen LogP contribution < -0.4 is 0 Å². The van der Waals surface area contributed by atoms with Gasteiger partial charge in [-0.3, -0.25) is 4.79 Å². The molecule has 0 unspecified atom stereocenters. The van der Waals surface area contributed by atoms with E-state index in [-0.39, 0.29) is 0 Å². The van der Waals surface area contributed by atoms with Gasteiger partial charge in [0.15, 0.2) is 0 Å². The summed E-state index contributed by atoms with van der Waals surface area (Å²) in [7, 11) is 0. The molecule has 0 saturated heterocycles. The number of carbonyl (C=O) groups is 1. The van der Waals surface area contributed by atoms with Crippen LogP contribution in [-0.2, 0) is 4.79 Å². The molecule has 0 aromatic rings. The van der Waals surface area contributed by atoms with Crippen molar-refractivity contribution in [3.05, 3.63) is 0 Å². The molecular formula is C50H102O2. The summed E-state index contributed by atoms with van der Waals surface area (Å²) in [6, 6.07) is 0. The van der Waals surface area contributed by atoms with Crippen LogP contribution in [0.15, 0.2) is 0 Å². The first kappa shape index (κ1) is 53.6. The third-order valence-corrected chi connectivity index (χ3v) is 11.5. The quantitative estimate of drug-likeness (QED) is 0.0633. The molecule has 0 spiro atoms. The minimum absolute atomic E-state index is 0.346. The van der Waals surface area contributed by atoms with E-state index in [9.17, 15) is 4.79 Å². The molecule has 1 N–H and O–H groups in total. The molecule has 0 rings (SSSR count). The maximum absolute atomic E-state index is 10.4. The average Bonchev–Trinajstić information content (AvgIpc) is 3.14. The Bertz CT molecular complexity index is 577. The molecule has 314 valence electrons. The lowest BCUT2D eigenvalue weighted by atomic mass is 10.0. The van der Waals surface area contributed by atoms with Gasteiger partial charge in [0.1, 0.15) is 0 Å². The Morgan fingerprint density at radius 1 is 0.231 bits per heavy atom. The van der Waals surface area contributed by atoms with Gasteiger partial charge in [0.25, 0.3) is 0 Å². The van der Waals surface area contributed by atoms with Crippen LogP contribution in [0.3, 0.4) is 0 Å². The Hall–Kier alpha value is -0.530. The highest BCUT2D eigenvalue weighted by Crippen LogP contribution is 2.17. The first-order valence-electron chi connectivity index (χ1n) is 24.9. The standard InChI is InChI=1S/C27H56.C23H46O2/c1-3-5-7-9-11-13-15-17-19-21-23-25-27-26-24-22-20-18-16-14-12-10-8-6-4-2;1-2-3-4-5-6-7-8-9-10-11-12-13-14-15-16-17-18-19-20-21-22-23(24)25/h3-27H2,1-2H3;2-22H2,1H3,(H,24,25). The van der Waals surface area contributed by atoms with Crippen molar-refractivity contribution in [2.45, 2.75) is 316 Å². The summed E-state index contributed by atoms with van der Waals surface area (Å²) in [5, 5.41) is 8.56. The lowest BCUT2D eigenvalue weighted by Gasteiger charge is -2.04. The Morgan fingerprint density at radius 2 is 0.346 bits per heavy atom. The van der Waals surface area contributed by atoms with Gasteiger partial charge in [-0.05, 0) is 6.42 Å². The highest BCUT2D eigenvalue weighted by molar-refractivity contribution is 5.66. The van der Waals surface area contributed by atoms with Crippen molar-refractivity contribution in [1.29, 1.82) is 0 Å². The van der Waals surface area contributed by atoms with Gasteiger partial charge in [0, 0.05) is 6.42 Å². The van der Waals surface area contributed by atoms with Crippen molar-refractivity contribution in [2.24, 2.45) is 0 Å². The lowest BCUT2D eigenvalue weighted by Crippen LogP contribution is -1.93. The van der Waals surface area contributed by atoms with Crippen molar-refractivity contribution >= 4 is 5.97 Å². The summed E-state index contributed by atoms with van der Waals surface area (Å²) in [5.41, 5.74) is 0. The second kappa shape index (κ2) is 52.6. The number of hydrogen-bond donors (Lipinski definition) is 1. The van der Waals surface area contributed by atoms with Crippen LogP contribution in [0.2, 0.25) is 0 Å². The highest BCUT2D eigenvalue weighted by Gasteiger charge is 1.99. The normalized spacial score (nSPS) is 11.2. The fraction of sp³-hybridized carbons (Fsp3) is 0.980. The molecule has 2 heteroatoms. The Balaban J connectivity index is 0. The molecule has 0 heterocycles. The van der Waals surface area contributed by atoms with Gasteiger partial charge in [-0.25, -0.2) is 0 Å². The molecule has 2 nitrogen and oxygen atoms in total. The van der Waals surface area contributed by atoms with Gasteiger partial charge >= 0.3 is 5.97 Å². The fourth-order valence-corrected chi connectivity index (χ4v) is 7.74. The monoisotopic (exact) mass is 735 g/mol. The molecule has 0 atom stereocenters. The predicted octanol–water partition coefficient (Wildman–Crippen LogP) is 19.1. The molecule has 0 saturated carbocycles.